The molecule has 2 rings (SSSR count). The third-order valence-electron chi connectivity index (χ3n) is 3.63. The Labute approximate surface area is 159 Å². The monoisotopic (exact) mass is 424 g/mol. The van der Waals surface area contributed by atoms with E-state index >= 15 is 0 Å². The minimum absolute atomic E-state index is 0.0234. The fraction of sp³-hybridized carbons (Fsp3) is 0.538. The highest BCUT2D eigenvalue weighted by Crippen LogP contribution is 2.32. The summed E-state index contributed by atoms with van der Waals surface area (Å²) in [6, 6.07) is 0. The Morgan fingerprint density at radius 3 is 2.81 bits per heavy atom. The minimum Gasteiger partial charge on any atom is -0.382 e. The number of alkyl halides is 1. The van der Waals surface area contributed by atoms with Crippen LogP contribution in [0.25, 0.3) is 11.2 Å². The highest BCUT2D eigenvalue weighted by atomic mass is 35.5. The van der Waals surface area contributed by atoms with Crippen LogP contribution in [0, 0.1) is 0 Å². The number of methoxy groups -OCH3 is 1. The van der Waals surface area contributed by atoms with Gasteiger partial charge in [0.15, 0.2) is 17.8 Å². The number of carbonyl (C=O) groups excluding carboxylic acids is 1. The number of nitrogens with zero attached hydrogens (tertiary/aromatic N) is 4. The molecule has 0 saturated carbocycles. The van der Waals surface area contributed by atoms with Crippen molar-refractivity contribution in [1.82, 2.24) is 24.8 Å². The molecule has 0 aliphatic heterocycles. The maximum absolute atomic E-state index is 14.8. The number of nitrogen functional groups attached to an aromatic ring is 1. The lowest BCUT2D eigenvalue weighted by molar-refractivity contribution is -0.130. The van der Waals surface area contributed by atoms with E-state index < -0.39 is 32.5 Å². The van der Waals surface area contributed by atoms with Crippen LogP contribution in [0.2, 0.25) is 5.28 Å². The van der Waals surface area contributed by atoms with Gasteiger partial charge in [-0.2, -0.15) is 9.97 Å². The van der Waals surface area contributed by atoms with E-state index in [2.05, 4.69) is 20.3 Å². The van der Waals surface area contributed by atoms with Crippen LogP contribution in [0.1, 0.15) is 12.7 Å². The van der Waals surface area contributed by atoms with Gasteiger partial charge < -0.3 is 30.3 Å². The van der Waals surface area contributed by atoms with E-state index in [-0.39, 0.29) is 35.3 Å². The fourth-order valence-corrected chi connectivity index (χ4v) is 2.98. The normalized spacial score (nSPS) is 15.1. The van der Waals surface area contributed by atoms with Gasteiger partial charge in [0.1, 0.15) is 5.52 Å². The predicted molar refractivity (Wildman–Crippen MR) is 95.5 cm³/mol. The first-order valence-electron chi connectivity index (χ1n) is 7.61. The van der Waals surface area contributed by atoms with Gasteiger partial charge in [-0.05, 0) is 11.6 Å². The van der Waals surface area contributed by atoms with Crippen LogP contribution in [0.15, 0.2) is 6.33 Å². The van der Waals surface area contributed by atoms with Crippen molar-refractivity contribution in [2.75, 3.05) is 26.5 Å². The lowest BCUT2D eigenvalue weighted by Gasteiger charge is -2.22. The van der Waals surface area contributed by atoms with Gasteiger partial charge in [0, 0.05) is 20.6 Å². The van der Waals surface area contributed by atoms with Gasteiger partial charge in [-0.3, -0.25) is 9.36 Å². The zero-order valence-electron chi connectivity index (χ0n) is 14.4. The number of nitrogens with one attached hydrogen (secondary N) is 1. The molecule has 0 aliphatic rings. The standard InChI is InChI=1S/C13H19ClFN6O5P/c1-17-11(22)12(27(23)24)26-4-6(25-2)3-7(15)21-5-18-8-9(16)19-13(14)20-10(8)21/h5-7,12,23-24H,3-4H2,1-2H3,(H,17,22)(H2,16,19,20). The first-order valence-corrected chi connectivity index (χ1v) is 9.30. The van der Waals surface area contributed by atoms with Gasteiger partial charge in [0.25, 0.3) is 5.91 Å². The smallest absolute Gasteiger partial charge is 0.258 e. The number of ether oxygens (including phenoxy) is 2. The number of imidazole rings is 1. The number of fused-ring (bicyclic) bond motifs is 1. The van der Waals surface area contributed by atoms with Crippen LogP contribution in [0.5, 0.6) is 0 Å². The van der Waals surface area contributed by atoms with E-state index in [1.807, 2.05) is 0 Å². The van der Waals surface area contributed by atoms with Crippen LogP contribution >= 0.6 is 20.0 Å². The molecule has 2 aromatic rings. The molecule has 0 saturated heterocycles. The van der Waals surface area contributed by atoms with Crippen molar-refractivity contribution in [3.8, 4) is 0 Å². The van der Waals surface area contributed by atoms with Gasteiger partial charge in [-0.15, -0.1) is 0 Å². The van der Waals surface area contributed by atoms with E-state index in [1.54, 1.807) is 0 Å². The molecule has 0 aliphatic carbocycles. The molecule has 3 atom stereocenters. The molecule has 0 bridgehead atoms. The van der Waals surface area contributed by atoms with Crippen LogP contribution in [-0.4, -0.2) is 67.9 Å². The van der Waals surface area contributed by atoms with E-state index in [0.717, 1.165) is 4.57 Å². The van der Waals surface area contributed by atoms with Crippen molar-refractivity contribution in [1.29, 1.82) is 0 Å². The Morgan fingerprint density at radius 2 is 2.22 bits per heavy atom. The number of anilines is 1. The summed E-state index contributed by atoms with van der Waals surface area (Å²) in [6.07, 6.45) is -1.41. The number of amides is 1. The second-order valence-corrected chi connectivity index (χ2v) is 6.80. The third-order valence-corrected chi connectivity index (χ3v) is 4.61. The minimum atomic E-state index is -2.68. The molecule has 0 radical (unpaired) electrons. The number of hydrogen-bond donors (Lipinski definition) is 4. The molecule has 2 aromatic heterocycles. The molecule has 150 valence electrons. The van der Waals surface area contributed by atoms with Crippen LogP contribution in [-0.2, 0) is 14.3 Å². The van der Waals surface area contributed by atoms with Gasteiger partial charge in [0.05, 0.1) is 19.0 Å². The number of carbonyl (C=O) groups is 1. The van der Waals surface area contributed by atoms with Gasteiger partial charge in [0.2, 0.25) is 19.5 Å². The number of rotatable bonds is 9. The first-order chi connectivity index (χ1) is 12.8. The van der Waals surface area contributed by atoms with Crippen molar-refractivity contribution in [3.63, 3.8) is 0 Å². The van der Waals surface area contributed by atoms with E-state index in [9.17, 15) is 19.0 Å². The Balaban J connectivity index is 2.09. The Bertz CT molecular complexity index is 796. The molecule has 27 heavy (non-hydrogen) atoms. The fourth-order valence-electron chi connectivity index (χ4n) is 2.25. The summed E-state index contributed by atoms with van der Waals surface area (Å²) < 4.78 is 26.2. The summed E-state index contributed by atoms with van der Waals surface area (Å²) in [7, 11) is -0.0186. The number of nitrogens with two attached hydrogens (primary N) is 1. The molecule has 5 N–H and O–H groups in total. The summed E-state index contributed by atoms with van der Waals surface area (Å²) in [6.45, 7) is -0.251. The summed E-state index contributed by atoms with van der Waals surface area (Å²) in [5.74, 6) is -2.16. The molecule has 14 heteroatoms. The molecule has 2 heterocycles. The second kappa shape index (κ2) is 9.49. The predicted octanol–water partition coefficient (Wildman–Crippen LogP) is 0.320. The zero-order valence-corrected chi connectivity index (χ0v) is 16.1. The van der Waals surface area contributed by atoms with Crippen molar-refractivity contribution in [2.45, 2.75) is 24.7 Å². The first kappa shape index (κ1) is 21.6. The molecule has 0 aromatic carbocycles. The molecular formula is C13H19ClFN6O5P. The quantitative estimate of drug-likeness (QED) is 0.328. The summed E-state index contributed by atoms with van der Waals surface area (Å²) >= 11 is 5.75. The number of halogens is 2. The summed E-state index contributed by atoms with van der Waals surface area (Å²) in [5.41, 5.74) is 6.01. The highest BCUT2D eigenvalue weighted by Gasteiger charge is 2.29. The topological polar surface area (TPSA) is 158 Å². The summed E-state index contributed by atoms with van der Waals surface area (Å²) in [5, 5.41) is 2.10. The Kier molecular flexibility index (Phi) is 7.59. The lowest BCUT2D eigenvalue weighted by Crippen LogP contribution is -2.35. The number of aromatic nitrogens is 4. The van der Waals surface area contributed by atoms with E-state index in [0.29, 0.717) is 0 Å². The second-order valence-electron chi connectivity index (χ2n) is 5.35. The van der Waals surface area contributed by atoms with Crippen molar-refractivity contribution in [2.24, 2.45) is 0 Å². The zero-order chi connectivity index (χ0) is 20.1. The largest absolute Gasteiger partial charge is 0.382 e. The van der Waals surface area contributed by atoms with Crippen molar-refractivity contribution < 1.29 is 28.4 Å². The van der Waals surface area contributed by atoms with Gasteiger partial charge in [-0.25, -0.2) is 9.37 Å². The highest BCUT2D eigenvalue weighted by molar-refractivity contribution is 7.46. The average Bonchev–Trinajstić information content (AvgIpc) is 3.04. The molecule has 11 nitrogen and oxygen atoms in total. The van der Waals surface area contributed by atoms with E-state index in [1.165, 1.54) is 20.5 Å². The van der Waals surface area contributed by atoms with Crippen molar-refractivity contribution in [3.05, 3.63) is 11.6 Å². The van der Waals surface area contributed by atoms with E-state index in [4.69, 9.17) is 26.8 Å². The van der Waals surface area contributed by atoms with Crippen LogP contribution in [0.3, 0.4) is 0 Å². The van der Waals surface area contributed by atoms with Gasteiger partial charge >= 0.3 is 0 Å². The molecule has 1 amide bonds. The number of likely N-dealkylation sites (N-methyl/N-ethyl adjacent to an activating group) is 1. The molecule has 3 unspecified atom stereocenters. The molecular weight excluding hydrogens is 406 g/mol. The average molecular weight is 425 g/mol. The van der Waals surface area contributed by atoms with Crippen molar-refractivity contribution >= 4 is 42.9 Å². The summed E-state index contributed by atoms with van der Waals surface area (Å²) in [4.78, 5) is 41.8. The third kappa shape index (κ3) is 5.18. The van der Waals surface area contributed by atoms with Crippen LogP contribution < -0.4 is 11.1 Å². The van der Waals surface area contributed by atoms with Crippen LogP contribution in [0.4, 0.5) is 10.2 Å². The molecule has 0 spiro atoms. The molecule has 0 fully saturated rings. The SMILES string of the molecule is CNC(=O)C(OCC(CC(F)n1cnc2c(N)nc(Cl)nc21)OC)P(O)O. The maximum Gasteiger partial charge on any atom is 0.258 e. The number of hydrogen-bond acceptors (Lipinski definition) is 9. The lowest BCUT2D eigenvalue weighted by atomic mass is 10.2. The Morgan fingerprint density at radius 1 is 1.52 bits per heavy atom. The Hall–Kier alpha value is -1.69. The van der Waals surface area contributed by atoms with Gasteiger partial charge in [-0.1, -0.05) is 0 Å². The maximum atomic E-state index is 14.8.